The van der Waals surface area contributed by atoms with Crippen LogP contribution in [0.2, 0.25) is 0 Å². The number of benzene rings is 3. The number of hydrogen-bond donors (Lipinski definition) is 0. The van der Waals surface area contributed by atoms with Crippen LogP contribution in [-0.4, -0.2) is 12.1 Å². The van der Waals surface area contributed by atoms with Crippen LogP contribution >= 0.6 is 0 Å². The first-order valence-electron chi connectivity index (χ1n) is 12.2. The Morgan fingerprint density at radius 2 is 0.970 bits per heavy atom. The first-order valence-corrected chi connectivity index (χ1v) is 12.2. The summed E-state index contributed by atoms with van der Waals surface area (Å²) in [6, 6.07) is 39.7. The van der Waals surface area contributed by atoms with Gasteiger partial charge in [0.25, 0.3) is 24.2 Å². The smallest absolute Gasteiger partial charge is 0.0786 e. The molecule has 3 aromatic rings. The molecule has 0 spiro atoms. The molecule has 0 amide bonds. The van der Waals surface area contributed by atoms with Crippen molar-refractivity contribution >= 4 is 0 Å². The van der Waals surface area contributed by atoms with Crippen molar-refractivity contribution in [2.45, 2.75) is 69.4 Å². The number of hydrogen-bond acceptors (Lipinski definition) is 0. The number of nitrogens with zero attached hydrogens (tertiary/aromatic N) is 2. The van der Waals surface area contributed by atoms with Crippen molar-refractivity contribution in [3.05, 3.63) is 117 Å². The van der Waals surface area contributed by atoms with Gasteiger partial charge in [-0.25, -0.2) is 0 Å². The average molecular weight is 435 g/mol. The summed E-state index contributed by atoms with van der Waals surface area (Å²) in [6.07, 6.45) is 1.70. The van der Waals surface area contributed by atoms with Crippen molar-refractivity contribution in [2.75, 3.05) is 0 Å². The molecule has 1 aliphatic heterocycles. The Morgan fingerprint density at radius 3 is 1.33 bits per heavy atom. The number of rotatable bonds is 5. The van der Waals surface area contributed by atoms with Crippen LogP contribution < -0.4 is 0 Å². The van der Waals surface area contributed by atoms with E-state index in [1.165, 1.54) is 16.7 Å². The summed E-state index contributed by atoms with van der Waals surface area (Å²) in [5.74, 6) is 0.167. The summed E-state index contributed by atoms with van der Waals surface area (Å²) in [5, 5.41) is 0. The Labute approximate surface area is 198 Å². The molecule has 3 aromatic carbocycles. The molecule has 0 N–H and O–H groups in total. The highest BCUT2D eigenvalue weighted by molar-refractivity contribution is 5.52. The molecule has 2 nitrogen and oxygen atoms in total. The molecule has 4 rings (SSSR count). The molecule has 0 bridgehead atoms. The molecule has 0 fully saturated rings. The zero-order valence-corrected chi connectivity index (χ0v) is 20.2. The molecule has 0 aromatic heterocycles. The Balaban J connectivity index is 2.04. The quantitative estimate of drug-likeness (QED) is 0.385. The lowest BCUT2D eigenvalue weighted by Gasteiger charge is -2.37. The molecular formula is C31H34N2+2. The normalized spacial score (nSPS) is 28.8. The van der Waals surface area contributed by atoms with Crippen LogP contribution in [0.3, 0.4) is 0 Å². The van der Waals surface area contributed by atoms with Crippen molar-refractivity contribution in [1.29, 1.82) is 0 Å². The second-order valence-electron chi connectivity index (χ2n) is 9.15. The summed E-state index contributed by atoms with van der Waals surface area (Å²) in [6.45, 7) is 8.88. The van der Waals surface area contributed by atoms with E-state index in [9.17, 15) is 0 Å². The molecule has 33 heavy (non-hydrogen) atoms. The van der Waals surface area contributed by atoms with Crippen LogP contribution in [0.4, 0.5) is 0 Å². The van der Waals surface area contributed by atoms with Crippen LogP contribution in [0, 0.1) is 12.1 Å². The van der Waals surface area contributed by atoms with Crippen LogP contribution in [0.5, 0.6) is 0 Å². The van der Waals surface area contributed by atoms with Gasteiger partial charge in [0, 0.05) is 13.8 Å². The highest BCUT2D eigenvalue weighted by Crippen LogP contribution is 2.49. The van der Waals surface area contributed by atoms with E-state index in [1.807, 2.05) is 0 Å². The van der Waals surface area contributed by atoms with E-state index in [2.05, 4.69) is 131 Å². The standard InChI is InChI=1S/C31H34N2/c1-5-30(27-18-12-8-13-19-27)22-32-24(3)29(26-16-10-7-11-17-26)25(4)33-23-31(30,6-2)28-20-14-9-15-21-28/h7-21,24-25,29H,5-6H2,1-4H3/q+2. The fourth-order valence-corrected chi connectivity index (χ4v) is 5.65. The fourth-order valence-electron chi connectivity index (χ4n) is 5.65. The first-order chi connectivity index (χ1) is 16.1. The predicted molar refractivity (Wildman–Crippen MR) is 139 cm³/mol. The minimum absolute atomic E-state index is 0.0472. The van der Waals surface area contributed by atoms with Gasteiger partial charge in [-0.1, -0.05) is 115 Å². The van der Waals surface area contributed by atoms with Gasteiger partial charge in [0.2, 0.25) is 0 Å². The van der Waals surface area contributed by atoms with Gasteiger partial charge in [0.15, 0.2) is 10.8 Å². The lowest BCUT2D eigenvalue weighted by Crippen LogP contribution is -2.47. The van der Waals surface area contributed by atoms with E-state index in [4.69, 9.17) is 9.69 Å². The van der Waals surface area contributed by atoms with Gasteiger partial charge in [0.05, 0.1) is 0 Å². The van der Waals surface area contributed by atoms with E-state index in [-0.39, 0.29) is 18.0 Å². The van der Waals surface area contributed by atoms with Gasteiger partial charge in [0.1, 0.15) is 5.92 Å². The Bertz CT molecular complexity index is 1100. The van der Waals surface area contributed by atoms with Crippen molar-refractivity contribution in [3.63, 3.8) is 0 Å². The monoisotopic (exact) mass is 434 g/mol. The van der Waals surface area contributed by atoms with Crippen molar-refractivity contribution in [2.24, 2.45) is 0 Å². The maximum Gasteiger partial charge on any atom is 0.287 e. The molecular weight excluding hydrogens is 400 g/mol. The fraction of sp³-hybridized carbons (Fsp3) is 0.355. The molecule has 0 saturated heterocycles. The molecule has 2 heteroatoms. The van der Waals surface area contributed by atoms with Crippen LogP contribution in [0.15, 0.2) is 91.0 Å². The third kappa shape index (κ3) is 3.96. The summed E-state index contributed by atoms with van der Waals surface area (Å²) in [4.78, 5) is 10.3. The minimum atomic E-state index is -0.479. The molecule has 4 unspecified atom stereocenters. The van der Waals surface area contributed by atoms with Gasteiger partial charge < -0.3 is 0 Å². The predicted octanol–water partition coefficient (Wildman–Crippen LogP) is 7.92. The third-order valence-corrected chi connectivity index (χ3v) is 7.46. The Hall–Kier alpha value is -3.36. The largest absolute Gasteiger partial charge is 0.287 e. The van der Waals surface area contributed by atoms with Crippen molar-refractivity contribution in [3.8, 4) is 12.1 Å². The first kappa shape index (κ1) is 22.8. The summed E-state index contributed by atoms with van der Waals surface area (Å²) in [7, 11) is 0. The average Bonchev–Trinajstić information content (AvgIpc) is 2.92. The maximum atomic E-state index is 5.17. The van der Waals surface area contributed by atoms with Crippen molar-refractivity contribution in [1.82, 2.24) is 0 Å². The SMILES string of the molecule is CCC1(c2ccccc2)C#[N+]C(C)C(c2ccccc2)C(C)[N+]#CC1(CC)c1ccccc1. The van der Waals surface area contributed by atoms with E-state index in [0.717, 1.165) is 12.8 Å². The topological polar surface area (TPSA) is 8.72 Å². The van der Waals surface area contributed by atoms with Gasteiger partial charge in [-0.2, -0.15) is 0 Å². The zero-order valence-electron chi connectivity index (χ0n) is 20.2. The molecule has 0 radical (unpaired) electrons. The second kappa shape index (κ2) is 9.64. The van der Waals surface area contributed by atoms with Gasteiger partial charge >= 0.3 is 0 Å². The summed E-state index contributed by atoms with van der Waals surface area (Å²) >= 11 is 0. The molecule has 0 aliphatic carbocycles. The Kier molecular flexibility index (Phi) is 6.67. The summed E-state index contributed by atoms with van der Waals surface area (Å²) < 4.78 is 0. The lowest BCUT2D eigenvalue weighted by atomic mass is 9.56. The minimum Gasteiger partial charge on any atom is -0.0786 e. The highest BCUT2D eigenvalue weighted by Gasteiger charge is 2.59. The molecule has 1 aliphatic rings. The molecule has 0 saturated carbocycles. The van der Waals surface area contributed by atoms with Gasteiger partial charge in [-0.05, 0) is 29.5 Å². The molecule has 1 heterocycles. The highest BCUT2D eigenvalue weighted by atomic mass is 14.8. The Morgan fingerprint density at radius 1 is 0.606 bits per heavy atom. The van der Waals surface area contributed by atoms with E-state index < -0.39 is 10.8 Å². The summed E-state index contributed by atoms with van der Waals surface area (Å²) in [5.41, 5.74) is 2.73. The maximum absolute atomic E-state index is 5.17. The molecule has 166 valence electrons. The second-order valence-corrected chi connectivity index (χ2v) is 9.15. The van der Waals surface area contributed by atoms with Gasteiger partial charge in [-0.15, -0.1) is 0 Å². The van der Waals surface area contributed by atoms with E-state index in [0.29, 0.717) is 0 Å². The van der Waals surface area contributed by atoms with E-state index >= 15 is 0 Å². The van der Waals surface area contributed by atoms with E-state index in [1.54, 1.807) is 0 Å². The van der Waals surface area contributed by atoms with Crippen LogP contribution in [-0.2, 0) is 10.8 Å². The zero-order chi connectivity index (χ0) is 23.3. The third-order valence-electron chi connectivity index (χ3n) is 7.46. The van der Waals surface area contributed by atoms with Crippen LogP contribution in [0.1, 0.15) is 63.1 Å². The molecule has 4 atom stereocenters. The van der Waals surface area contributed by atoms with Crippen LogP contribution in [0.25, 0.3) is 9.69 Å². The van der Waals surface area contributed by atoms with Gasteiger partial charge in [-0.3, -0.25) is 0 Å². The lowest BCUT2D eigenvalue weighted by molar-refractivity contribution is 0.331. The van der Waals surface area contributed by atoms with Crippen molar-refractivity contribution < 1.29 is 0 Å².